The summed E-state index contributed by atoms with van der Waals surface area (Å²) >= 11 is 0. The first-order valence-corrected chi connectivity index (χ1v) is 5.66. The quantitative estimate of drug-likeness (QED) is 0.753. The molecule has 0 spiro atoms. The van der Waals surface area contributed by atoms with E-state index in [-0.39, 0.29) is 0 Å². The molecule has 2 N–H and O–H groups in total. The molecule has 0 aromatic carbocycles. The fraction of sp³-hybridized carbons (Fsp3) is 0.583. The summed E-state index contributed by atoms with van der Waals surface area (Å²) < 4.78 is 0. The van der Waals surface area contributed by atoms with E-state index in [1.54, 1.807) is 0 Å². The Balaban J connectivity index is 2.50. The van der Waals surface area contributed by atoms with Gasteiger partial charge in [0, 0.05) is 31.0 Å². The van der Waals surface area contributed by atoms with Crippen molar-refractivity contribution in [2.24, 2.45) is 5.92 Å². The first-order valence-electron chi connectivity index (χ1n) is 5.66. The van der Waals surface area contributed by atoms with Crippen molar-refractivity contribution in [3.8, 4) is 0 Å². The maximum Gasteiger partial charge on any atom is 0.127 e. The van der Waals surface area contributed by atoms with Crippen LogP contribution in [0.25, 0.3) is 0 Å². The van der Waals surface area contributed by atoms with Crippen LogP contribution in [0.4, 0.5) is 11.5 Å². The van der Waals surface area contributed by atoms with Crippen LogP contribution in [0.2, 0.25) is 0 Å². The molecule has 0 atom stereocenters. The van der Waals surface area contributed by atoms with Gasteiger partial charge in [0.2, 0.25) is 0 Å². The number of rotatable bonds is 6. The van der Waals surface area contributed by atoms with Gasteiger partial charge in [-0.15, -0.1) is 0 Å². The second kappa shape index (κ2) is 6.27. The van der Waals surface area contributed by atoms with Gasteiger partial charge >= 0.3 is 0 Å². The highest BCUT2D eigenvalue weighted by Crippen LogP contribution is 2.12. The molecule has 1 aromatic heterocycles. The number of nitrogens with one attached hydrogen (secondary N) is 2. The molecule has 0 saturated heterocycles. The fourth-order valence-electron chi connectivity index (χ4n) is 1.21. The summed E-state index contributed by atoms with van der Waals surface area (Å²) in [6.45, 7) is 8.51. The average Bonchev–Trinajstić information content (AvgIpc) is 2.24. The summed E-state index contributed by atoms with van der Waals surface area (Å²) in [4.78, 5) is 4.25. The molecule has 0 unspecified atom stereocenters. The van der Waals surface area contributed by atoms with Gasteiger partial charge in [0.15, 0.2) is 0 Å². The van der Waals surface area contributed by atoms with Gasteiger partial charge in [-0.25, -0.2) is 4.98 Å². The lowest BCUT2D eigenvalue weighted by molar-refractivity contribution is 0.689. The molecule has 0 fully saturated rings. The predicted molar refractivity (Wildman–Crippen MR) is 66.3 cm³/mol. The lowest BCUT2D eigenvalue weighted by Crippen LogP contribution is -2.08. The number of aromatic nitrogens is 1. The zero-order valence-electron chi connectivity index (χ0n) is 9.88. The largest absolute Gasteiger partial charge is 0.385 e. The van der Waals surface area contributed by atoms with E-state index in [9.17, 15) is 0 Å². The molecule has 0 aliphatic rings. The molecule has 0 aliphatic heterocycles. The van der Waals surface area contributed by atoms with Crippen LogP contribution in [0.15, 0.2) is 18.3 Å². The van der Waals surface area contributed by atoms with Crippen LogP contribution in [0.3, 0.4) is 0 Å². The van der Waals surface area contributed by atoms with E-state index < -0.39 is 0 Å². The van der Waals surface area contributed by atoms with E-state index in [1.807, 2.05) is 12.3 Å². The second-order valence-electron chi connectivity index (χ2n) is 4.13. The summed E-state index contributed by atoms with van der Waals surface area (Å²) in [6, 6.07) is 4.05. The summed E-state index contributed by atoms with van der Waals surface area (Å²) in [6.07, 6.45) is 2.95. The Morgan fingerprint density at radius 1 is 1.33 bits per heavy atom. The first-order chi connectivity index (χ1) is 7.22. The smallest absolute Gasteiger partial charge is 0.127 e. The summed E-state index contributed by atoms with van der Waals surface area (Å²) in [7, 11) is 0. The van der Waals surface area contributed by atoms with Gasteiger partial charge in [-0.1, -0.05) is 20.8 Å². The van der Waals surface area contributed by atoms with Crippen LogP contribution in [-0.4, -0.2) is 18.1 Å². The molecule has 0 aliphatic carbocycles. The van der Waals surface area contributed by atoms with Crippen molar-refractivity contribution < 1.29 is 0 Å². The molecule has 1 aromatic rings. The Kier molecular flexibility index (Phi) is 4.95. The molecule has 0 radical (unpaired) electrons. The number of pyridine rings is 1. The number of nitrogens with zero attached hydrogens (tertiary/aromatic N) is 1. The van der Waals surface area contributed by atoms with Crippen molar-refractivity contribution >= 4 is 11.5 Å². The van der Waals surface area contributed by atoms with Crippen LogP contribution in [0, 0.1) is 5.92 Å². The standard InChI is InChI=1S/C12H21N3/c1-4-6-13-12-8-11(5-7-14-12)15-9-10(2)3/h5,7-8,10H,4,6,9H2,1-3H3,(H2,13,14,15). The third-order valence-electron chi connectivity index (χ3n) is 2.03. The Morgan fingerprint density at radius 3 is 2.80 bits per heavy atom. The van der Waals surface area contributed by atoms with Gasteiger partial charge < -0.3 is 10.6 Å². The summed E-state index contributed by atoms with van der Waals surface area (Å²) in [5, 5.41) is 6.65. The minimum atomic E-state index is 0.658. The van der Waals surface area contributed by atoms with Crippen LogP contribution < -0.4 is 10.6 Å². The lowest BCUT2D eigenvalue weighted by Gasteiger charge is -2.10. The minimum Gasteiger partial charge on any atom is -0.385 e. The molecule has 1 rings (SSSR count). The van der Waals surface area contributed by atoms with Crippen molar-refractivity contribution in [2.75, 3.05) is 23.7 Å². The molecule has 3 nitrogen and oxygen atoms in total. The van der Waals surface area contributed by atoms with E-state index in [0.29, 0.717) is 5.92 Å². The zero-order valence-corrected chi connectivity index (χ0v) is 9.88. The fourth-order valence-corrected chi connectivity index (χ4v) is 1.21. The van der Waals surface area contributed by atoms with Crippen molar-refractivity contribution in [1.29, 1.82) is 0 Å². The maximum absolute atomic E-state index is 4.25. The van der Waals surface area contributed by atoms with E-state index in [1.165, 1.54) is 0 Å². The molecule has 0 bridgehead atoms. The van der Waals surface area contributed by atoms with Gasteiger partial charge in [-0.3, -0.25) is 0 Å². The first kappa shape index (κ1) is 11.8. The molecular weight excluding hydrogens is 186 g/mol. The third-order valence-corrected chi connectivity index (χ3v) is 2.03. The van der Waals surface area contributed by atoms with Gasteiger partial charge in [-0.05, 0) is 18.4 Å². The molecule has 1 heterocycles. The van der Waals surface area contributed by atoms with E-state index in [2.05, 4.69) is 42.5 Å². The third kappa shape index (κ3) is 4.68. The second-order valence-corrected chi connectivity index (χ2v) is 4.13. The predicted octanol–water partition coefficient (Wildman–Crippen LogP) is 2.97. The van der Waals surface area contributed by atoms with Gasteiger partial charge in [-0.2, -0.15) is 0 Å². The molecule has 0 saturated carbocycles. The van der Waals surface area contributed by atoms with Crippen LogP contribution in [-0.2, 0) is 0 Å². The van der Waals surface area contributed by atoms with Crippen molar-refractivity contribution in [1.82, 2.24) is 4.98 Å². The Labute approximate surface area is 92.3 Å². The summed E-state index contributed by atoms with van der Waals surface area (Å²) in [5.74, 6) is 1.61. The number of hydrogen-bond acceptors (Lipinski definition) is 3. The molecule has 0 amide bonds. The highest BCUT2D eigenvalue weighted by atomic mass is 15.0. The Bertz CT molecular complexity index is 284. The molecule has 15 heavy (non-hydrogen) atoms. The Morgan fingerprint density at radius 2 is 2.13 bits per heavy atom. The van der Waals surface area contributed by atoms with Crippen molar-refractivity contribution in [3.05, 3.63) is 18.3 Å². The maximum atomic E-state index is 4.25. The minimum absolute atomic E-state index is 0.658. The van der Waals surface area contributed by atoms with E-state index >= 15 is 0 Å². The van der Waals surface area contributed by atoms with Gasteiger partial charge in [0.25, 0.3) is 0 Å². The van der Waals surface area contributed by atoms with Crippen LogP contribution in [0.1, 0.15) is 27.2 Å². The van der Waals surface area contributed by atoms with Crippen LogP contribution in [0.5, 0.6) is 0 Å². The zero-order chi connectivity index (χ0) is 11.1. The van der Waals surface area contributed by atoms with Gasteiger partial charge in [0.1, 0.15) is 5.82 Å². The Hall–Kier alpha value is -1.25. The highest BCUT2D eigenvalue weighted by molar-refractivity contribution is 5.51. The van der Waals surface area contributed by atoms with E-state index in [0.717, 1.165) is 31.0 Å². The molecular formula is C12H21N3. The SMILES string of the molecule is CCCNc1cc(NCC(C)C)ccn1. The number of hydrogen-bond donors (Lipinski definition) is 2. The highest BCUT2D eigenvalue weighted by Gasteiger charge is 1.97. The lowest BCUT2D eigenvalue weighted by atomic mass is 10.2. The average molecular weight is 207 g/mol. The molecule has 3 heteroatoms. The monoisotopic (exact) mass is 207 g/mol. The van der Waals surface area contributed by atoms with Crippen LogP contribution >= 0.6 is 0 Å². The molecule has 84 valence electrons. The van der Waals surface area contributed by atoms with Gasteiger partial charge in [0.05, 0.1) is 0 Å². The van der Waals surface area contributed by atoms with Crippen molar-refractivity contribution in [2.45, 2.75) is 27.2 Å². The van der Waals surface area contributed by atoms with Crippen molar-refractivity contribution in [3.63, 3.8) is 0 Å². The summed E-state index contributed by atoms with van der Waals surface area (Å²) in [5.41, 5.74) is 1.14. The number of anilines is 2. The van der Waals surface area contributed by atoms with E-state index in [4.69, 9.17) is 0 Å². The topological polar surface area (TPSA) is 37.0 Å². The normalized spacial score (nSPS) is 10.4.